The van der Waals surface area contributed by atoms with Crippen LogP contribution in [0.3, 0.4) is 0 Å². The summed E-state index contributed by atoms with van der Waals surface area (Å²) in [5.41, 5.74) is -4.73. The van der Waals surface area contributed by atoms with Crippen molar-refractivity contribution in [2.24, 2.45) is 0 Å². The summed E-state index contributed by atoms with van der Waals surface area (Å²) in [5, 5.41) is 0. The van der Waals surface area contributed by atoms with Crippen molar-refractivity contribution in [1.82, 2.24) is 4.98 Å². The van der Waals surface area contributed by atoms with Crippen LogP contribution in [0.4, 0.5) is 26.3 Å². The van der Waals surface area contributed by atoms with Gasteiger partial charge in [-0.15, -0.1) is 0 Å². The number of halogens is 6. The van der Waals surface area contributed by atoms with E-state index in [0.29, 0.717) is 6.07 Å². The first-order chi connectivity index (χ1) is 7.16. The Labute approximate surface area is 84.9 Å². The number of hydrogen-bond donors (Lipinski definition) is 0. The lowest BCUT2D eigenvalue weighted by Crippen LogP contribution is -2.19. The molecule has 0 aliphatic heterocycles. The molecule has 0 N–H and O–H groups in total. The van der Waals surface area contributed by atoms with Gasteiger partial charge < -0.3 is 0 Å². The van der Waals surface area contributed by atoms with Gasteiger partial charge in [-0.25, -0.2) is 4.98 Å². The fraction of sp³-hybridized carbons (Fsp3) is 0.250. The number of carbonyl (C=O) groups excluding carboxylic acids is 1. The summed E-state index contributed by atoms with van der Waals surface area (Å²) < 4.78 is 73.2. The second-order valence-electron chi connectivity index (χ2n) is 2.75. The molecule has 2 nitrogen and oxygen atoms in total. The first-order valence-corrected chi connectivity index (χ1v) is 3.77. The third-order valence-electron chi connectivity index (χ3n) is 1.61. The molecule has 88 valence electrons. The van der Waals surface area contributed by atoms with E-state index in [9.17, 15) is 31.1 Å². The summed E-state index contributed by atoms with van der Waals surface area (Å²) in [4.78, 5) is 12.8. The third kappa shape index (κ3) is 2.50. The molecule has 0 radical (unpaired) electrons. The maximum absolute atomic E-state index is 12.2. The average Bonchev–Trinajstić information content (AvgIpc) is 2.14. The monoisotopic (exact) mass is 243 g/mol. The molecular weight excluding hydrogens is 240 g/mol. The van der Waals surface area contributed by atoms with Gasteiger partial charge in [0.25, 0.3) is 0 Å². The lowest BCUT2D eigenvalue weighted by atomic mass is 10.1. The Hall–Kier alpha value is -1.60. The van der Waals surface area contributed by atoms with Crippen molar-refractivity contribution in [2.45, 2.75) is 12.4 Å². The number of nitrogens with zero attached hydrogens (tertiary/aromatic N) is 1. The fourth-order valence-electron chi connectivity index (χ4n) is 0.985. The number of pyridine rings is 1. The summed E-state index contributed by atoms with van der Waals surface area (Å²) in [6.45, 7) is 0. The first kappa shape index (κ1) is 12.5. The summed E-state index contributed by atoms with van der Waals surface area (Å²) in [7, 11) is 0. The van der Waals surface area contributed by atoms with E-state index in [2.05, 4.69) is 4.98 Å². The molecule has 0 spiro atoms. The van der Waals surface area contributed by atoms with Crippen molar-refractivity contribution in [2.75, 3.05) is 0 Å². The highest BCUT2D eigenvalue weighted by molar-refractivity contribution is 5.71. The highest BCUT2D eigenvalue weighted by atomic mass is 19.4. The molecule has 8 heteroatoms. The van der Waals surface area contributed by atoms with E-state index < -0.39 is 29.3 Å². The molecule has 0 aliphatic rings. The second kappa shape index (κ2) is 3.76. The van der Waals surface area contributed by atoms with Gasteiger partial charge in [-0.2, -0.15) is 26.3 Å². The predicted molar refractivity (Wildman–Crippen MR) is 39.6 cm³/mol. The molecular formula is C8H3F6NO. The van der Waals surface area contributed by atoms with Crippen LogP contribution in [0.1, 0.15) is 21.7 Å². The lowest BCUT2D eigenvalue weighted by Gasteiger charge is -2.14. The molecule has 1 aromatic rings. The van der Waals surface area contributed by atoms with E-state index >= 15 is 0 Å². The third-order valence-corrected chi connectivity index (χ3v) is 1.61. The average molecular weight is 243 g/mol. The van der Waals surface area contributed by atoms with Gasteiger partial charge in [0.05, 0.1) is 5.56 Å². The van der Waals surface area contributed by atoms with E-state index in [4.69, 9.17) is 0 Å². The van der Waals surface area contributed by atoms with Gasteiger partial charge in [0, 0.05) is 0 Å². The maximum atomic E-state index is 12.2. The Morgan fingerprint density at radius 2 is 1.56 bits per heavy atom. The van der Waals surface area contributed by atoms with E-state index in [1.54, 1.807) is 0 Å². The van der Waals surface area contributed by atoms with Gasteiger partial charge in [0.1, 0.15) is 5.69 Å². The van der Waals surface area contributed by atoms with Gasteiger partial charge in [-0.1, -0.05) is 0 Å². The minimum atomic E-state index is -5.26. The van der Waals surface area contributed by atoms with Gasteiger partial charge in [-0.05, 0) is 12.1 Å². The van der Waals surface area contributed by atoms with Crippen molar-refractivity contribution in [3.05, 3.63) is 29.1 Å². The summed E-state index contributed by atoms with van der Waals surface area (Å²) >= 11 is 0. The Kier molecular flexibility index (Phi) is 2.93. The number of hydrogen-bond acceptors (Lipinski definition) is 2. The van der Waals surface area contributed by atoms with E-state index in [-0.39, 0.29) is 12.4 Å². The number of rotatable bonds is 1. The highest BCUT2D eigenvalue weighted by Crippen LogP contribution is 2.38. The van der Waals surface area contributed by atoms with Crippen LogP contribution < -0.4 is 0 Å². The van der Waals surface area contributed by atoms with Crippen molar-refractivity contribution in [3.63, 3.8) is 0 Å². The topological polar surface area (TPSA) is 30.0 Å². The maximum Gasteiger partial charge on any atom is 0.433 e. The zero-order chi connectivity index (χ0) is 12.6. The number of aldehydes is 1. The van der Waals surface area contributed by atoms with Crippen molar-refractivity contribution >= 4 is 6.29 Å². The summed E-state index contributed by atoms with van der Waals surface area (Å²) in [5.74, 6) is 0. The van der Waals surface area contributed by atoms with Gasteiger partial charge >= 0.3 is 12.4 Å². The zero-order valence-electron chi connectivity index (χ0n) is 7.36. The van der Waals surface area contributed by atoms with Crippen LogP contribution in [0.15, 0.2) is 12.1 Å². The molecule has 1 aromatic heterocycles. The van der Waals surface area contributed by atoms with E-state index in [1.807, 2.05) is 0 Å². The molecule has 0 amide bonds. The van der Waals surface area contributed by atoms with Crippen LogP contribution in [0.5, 0.6) is 0 Å². The first-order valence-electron chi connectivity index (χ1n) is 3.77. The molecule has 16 heavy (non-hydrogen) atoms. The smallest absolute Gasteiger partial charge is 0.296 e. The molecule has 0 unspecified atom stereocenters. The molecule has 0 saturated heterocycles. The van der Waals surface area contributed by atoms with E-state index in [0.717, 1.165) is 0 Å². The molecule has 0 saturated carbocycles. The van der Waals surface area contributed by atoms with Crippen molar-refractivity contribution < 1.29 is 31.1 Å². The van der Waals surface area contributed by atoms with Crippen molar-refractivity contribution in [3.8, 4) is 0 Å². The predicted octanol–water partition coefficient (Wildman–Crippen LogP) is 2.93. The Morgan fingerprint density at radius 1 is 1.00 bits per heavy atom. The zero-order valence-corrected chi connectivity index (χ0v) is 7.36. The SMILES string of the molecule is O=Cc1ccc(C(F)(F)F)c(C(F)(F)F)n1. The van der Waals surface area contributed by atoms with Crippen molar-refractivity contribution in [1.29, 1.82) is 0 Å². The minimum Gasteiger partial charge on any atom is -0.296 e. The highest BCUT2D eigenvalue weighted by Gasteiger charge is 2.44. The van der Waals surface area contributed by atoms with Crippen LogP contribution in [0, 0.1) is 0 Å². The van der Waals surface area contributed by atoms with E-state index in [1.165, 1.54) is 0 Å². The molecule has 0 atom stereocenters. The van der Waals surface area contributed by atoms with Gasteiger partial charge in [-0.3, -0.25) is 4.79 Å². The normalized spacial score (nSPS) is 12.6. The standard InChI is InChI=1S/C8H3F6NO/c9-7(10,11)5-2-1-4(3-16)15-6(5)8(12,13)14/h1-3H. The van der Waals surface area contributed by atoms with Crippen LogP contribution >= 0.6 is 0 Å². The molecule has 0 aromatic carbocycles. The Morgan fingerprint density at radius 3 is 1.94 bits per heavy atom. The second-order valence-corrected chi connectivity index (χ2v) is 2.75. The Balaban J connectivity index is 3.45. The molecule has 0 bridgehead atoms. The Bertz CT molecular complexity index is 408. The lowest BCUT2D eigenvalue weighted by molar-refractivity contribution is -0.164. The summed E-state index contributed by atoms with van der Waals surface area (Å²) in [6.07, 6.45) is -10.5. The number of carbonyl (C=O) groups is 1. The van der Waals surface area contributed by atoms with Crippen LogP contribution in [-0.2, 0) is 12.4 Å². The quantitative estimate of drug-likeness (QED) is 0.560. The largest absolute Gasteiger partial charge is 0.433 e. The van der Waals surface area contributed by atoms with Crippen LogP contribution in [-0.4, -0.2) is 11.3 Å². The molecule has 0 fully saturated rings. The number of alkyl halides is 6. The van der Waals surface area contributed by atoms with Gasteiger partial charge in [0.15, 0.2) is 12.0 Å². The summed E-state index contributed by atoms with van der Waals surface area (Å²) in [6, 6.07) is 0.755. The molecule has 1 rings (SSSR count). The molecule has 0 aliphatic carbocycles. The minimum absolute atomic E-state index is 0.0601. The molecule has 1 heterocycles. The van der Waals surface area contributed by atoms with Crippen LogP contribution in [0.2, 0.25) is 0 Å². The number of aromatic nitrogens is 1. The fourth-order valence-corrected chi connectivity index (χ4v) is 0.985. The van der Waals surface area contributed by atoms with Gasteiger partial charge in [0.2, 0.25) is 0 Å². The van der Waals surface area contributed by atoms with Crippen LogP contribution in [0.25, 0.3) is 0 Å².